The second-order valence-electron chi connectivity index (χ2n) is 8.89. The summed E-state index contributed by atoms with van der Waals surface area (Å²) in [6.45, 7) is 10.7. The summed E-state index contributed by atoms with van der Waals surface area (Å²) in [6.07, 6.45) is 3.03. The van der Waals surface area contributed by atoms with E-state index in [-0.39, 0.29) is 11.7 Å². The molecule has 0 unspecified atom stereocenters. The highest BCUT2D eigenvalue weighted by Crippen LogP contribution is 2.26. The molecule has 2 atom stereocenters. The van der Waals surface area contributed by atoms with Crippen LogP contribution in [0.3, 0.4) is 0 Å². The number of ether oxygens (including phenoxy) is 4. The summed E-state index contributed by atoms with van der Waals surface area (Å²) in [7, 11) is 3.74. The van der Waals surface area contributed by atoms with Gasteiger partial charge in [0.1, 0.15) is 11.6 Å². The molecule has 9 heteroatoms. The number of rotatable bonds is 18. The number of nitrogens with one attached hydrogen (secondary N) is 2. The monoisotopic (exact) mass is 495 g/mol. The average molecular weight is 496 g/mol. The first-order chi connectivity index (χ1) is 17.0. The maximum absolute atomic E-state index is 14.2. The highest BCUT2D eigenvalue weighted by Gasteiger charge is 2.26. The van der Waals surface area contributed by atoms with Gasteiger partial charge in [-0.25, -0.2) is 4.39 Å². The molecule has 1 aliphatic heterocycles. The Morgan fingerprint density at radius 3 is 2.43 bits per heavy atom. The molecule has 35 heavy (non-hydrogen) atoms. The van der Waals surface area contributed by atoms with Crippen molar-refractivity contribution in [3.8, 4) is 5.75 Å². The van der Waals surface area contributed by atoms with Crippen LogP contribution in [0.2, 0.25) is 0 Å². The van der Waals surface area contributed by atoms with Crippen molar-refractivity contribution in [1.82, 2.24) is 15.5 Å². The number of hydrogen-bond acceptors (Lipinski definition) is 7. The van der Waals surface area contributed by atoms with Gasteiger partial charge in [0.25, 0.3) is 0 Å². The van der Waals surface area contributed by atoms with Crippen molar-refractivity contribution >= 4 is 5.91 Å². The molecule has 2 rings (SSSR count). The summed E-state index contributed by atoms with van der Waals surface area (Å²) in [5.74, 6) is 1.30. The van der Waals surface area contributed by atoms with E-state index in [9.17, 15) is 9.18 Å². The number of hydrogen-bond donors (Lipinski definition) is 2. The minimum atomic E-state index is -0.201. The molecule has 1 heterocycles. The van der Waals surface area contributed by atoms with Crippen LogP contribution in [0.5, 0.6) is 5.75 Å². The molecule has 0 aliphatic carbocycles. The molecule has 198 valence electrons. The number of halogens is 1. The Morgan fingerprint density at radius 1 is 1.09 bits per heavy atom. The number of carbonyl (C=O) groups excluding carboxylic acids is 1. The molecule has 0 saturated carbocycles. The van der Waals surface area contributed by atoms with Crippen LogP contribution in [-0.2, 0) is 25.4 Å². The standard InChI is InChI=1S/C26H42FN3O5/c1-4-26(31)29-8-10-34-12-14-35-13-11-33-9-7-28-18-22-15-21(19-30(2)20-22)16-23-17-24(32-3)5-6-25(23)27/h4-6,17,21-22,28H,1,7-16,18-20H2,2-3H3,(H,29,31)/t21-,22-/m1/s1. The highest BCUT2D eigenvalue weighted by molar-refractivity contribution is 5.86. The Morgan fingerprint density at radius 2 is 1.74 bits per heavy atom. The third kappa shape index (κ3) is 12.5. The number of carbonyl (C=O) groups is 1. The first-order valence-corrected chi connectivity index (χ1v) is 12.4. The van der Waals surface area contributed by atoms with Gasteiger partial charge in [0.05, 0.1) is 46.8 Å². The summed E-state index contributed by atoms with van der Waals surface area (Å²) in [4.78, 5) is 13.3. The van der Waals surface area contributed by atoms with Gasteiger partial charge in [0, 0.05) is 26.2 Å². The molecule has 0 spiro atoms. The maximum Gasteiger partial charge on any atom is 0.243 e. The fourth-order valence-electron chi connectivity index (χ4n) is 4.33. The minimum Gasteiger partial charge on any atom is -0.497 e. The van der Waals surface area contributed by atoms with E-state index < -0.39 is 0 Å². The van der Waals surface area contributed by atoms with Crippen molar-refractivity contribution < 1.29 is 28.1 Å². The normalized spacial score (nSPS) is 18.4. The van der Waals surface area contributed by atoms with Crippen molar-refractivity contribution in [3.63, 3.8) is 0 Å². The van der Waals surface area contributed by atoms with Crippen molar-refractivity contribution in [2.75, 3.05) is 86.5 Å². The number of amides is 1. The summed E-state index contributed by atoms with van der Waals surface area (Å²) < 4.78 is 35.9. The molecule has 1 saturated heterocycles. The molecule has 1 amide bonds. The Balaban J connectivity index is 1.48. The fraction of sp³-hybridized carbons (Fsp3) is 0.654. The summed E-state index contributed by atoms with van der Waals surface area (Å²) in [5, 5.41) is 6.13. The lowest BCUT2D eigenvalue weighted by atomic mass is 9.85. The molecule has 0 bridgehead atoms. The van der Waals surface area contributed by atoms with E-state index in [0.717, 1.165) is 44.6 Å². The largest absolute Gasteiger partial charge is 0.497 e. The van der Waals surface area contributed by atoms with E-state index >= 15 is 0 Å². The zero-order valence-electron chi connectivity index (χ0n) is 21.2. The van der Waals surface area contributed by atoms with Crippen LogP contribution in [0.4, 0.5) is 4.39 Å². The smallest absolute Gasteiger partial charge is 0.243 e. The van der Waals surface area contributed by atoms with Gasteiger partial charge in [-0.3, -0.25) is 4.79 Å². The second-order valence-corrected chi connectivity index (χ2v) is 8.89. The quantitative estimate of drug-likeness (QED) is 0.238. The van der Waals surface area contributed by atoms with Crippen molar-refractivity contribution in [2.45, 2.75) is 12.8 Å². The van der Waals surface area contributed by atoms with Crippen molar-refractivity contribution in [2.24, 2.45) is 11.8 Å². The third-order valence-corrected chi connectivity index (χ3v) is 5.90. The Labute approximate surface area is 209 Å². The summed E-state index contributed by atoms with van der Waals surface area (Å²) in [6, 6.07) is 4.98. The molecule has 2 N–H and O–H groups in total. The lowest BCUT2D eigenvalue weighted by molar-refractivity contribution is -0.116. The van der Waals surface area contributed by atoms with Crippen LogP contribution in [0.1, 0.15) is 12.0 Å². The van der Waals surface area contributed by atoms with Gasteiger partial charge >= 0.3 is 0 Å². The minimum absolute atomic E-state index is 0.156. The molecule has 1 aromatic rings. The molecule has 0 aromatic heterocycles. The van der Waals surface area contributed by atoms with Crippen molar-refractivity contribution in [1.29, 1.82) is 0 Å². The maximum atomic E-state index is 14.2. The van der Waals surface area contributed by atoms with E-state index in [1.165, 1.54) is 12.1 Å². The van der Waals surface area contributed by atoms with Gasteiger partial charge < -0.3 is 34.5 Å². The van der Waals surface area contributed by atoms with E-state index in [2.05, 4.69) is 29.2 Å². The van der Waals surface area contributed by atoms with Crippen LogP contribution >= 0.6 is 0 Å². The first-order valence-electron chi connectivity index (χ1n) is 12.4. The van der Waals surface area contributed by atoms with Gasteiger partial charge in [-0.2, -0.15) is 0 Å². The second kappa shape index (κ2) is 17.4. The number of benzene rings is 1. The topological polar surface area (TPSA) is 81.3 Å². The number of nitrogens with zero attached hydrogens (tertiary/aromatic N) is 1. The Hall–Kier alpha value is -2.04. The molecule has 8 nitrogen and oxygen atoms in total. The number of piperidine rings is 1. The summed E-state index contributed by atoms with van der Waals surface area (Å²) in [5.41, 5.74) is 0.732. The van der Waals surface area contributed by atoms with Gasteiger partial charge in [-0.05, 0) is 68.1 Å². The molecule has 1 aliphatic rings. The Bertz CT molecular complexity index is 752. The molecule has 0 radical (unpaired) electrons. The SMILES string of the molecule is C=CC(=O)NCCOCCOCCOCCNC[C@H]1C[C@H](Cc2cc(OC)ccc2F)CN(C)C1. The van der Waals surface area contributed by atoms with Crippen molar-refractivity contribution in [3.05, 3.63) is 42.2 Å². The van der Waals surface area contributed by atoms with Gasteiger partial charge in [-0.1, -0.05) is 6.58 Å². The average Bonchev–Trinajstić information content (AvgIpc) is 2.85. The van der Waals surface area contributed by atoms with Crippen LogP contribution in [0.15, 0.2) is 30.9 Å². The van der Waals surface area contributed by atoms with Crippen LogP contribution in [0, 0.1) is 17.7 Å². The summed E-state index contributed by atoms with van der Waals surface area (Å²) >= 11 is 0. The van der Waals surface area contributed by atoms with Crippen LogP contribution in [0.25, 0.3) is 0 Å². The van der Waals surface area contributed by atoms with E-state index in [0.29, 0.717) is 63.8 Å². The van der Waals surface area contributed by atoms with Gasteiger partial charge in [0.2, 0.25) is 5.91 Å². The fourth-order valence-corrected chi connectivity index (χ4v) is 4.33. The Kier molecular flexibility index (Phi) is 14.5. The zero-order chi connectivity index (χ0) is 25.3. The van der Waals surface area contributed by atoms with Gasteiger partial charge in [-0.15, -0.1) is 0 Å². The van der Waals surface area contributed by atoms with Gasteiger partial charge in [0.15, 0.2) is 0 Å². The third-order valence-electron chi connectivity index (χ3n) is 5.90. The number of methoxy groups -OCH3 is 1. The number of likely N-dealkylation sites (tertiary alicyclic amines) is 1. The molecular formula is C26H42FN3O5. The first kappa shape index (κ1) is 29.2. The lowest BCUT2D eigenvalue weighted by Gasteiger charge is -2.36. The van der Waals surface area contributed by atoms with E-state index in [1.54, 1.807) is 13.2 Å². The highest BCUT2D eigenvalue weighted by atomic mass is 19.1. The predicted octanol–water partition coefficient (Wildman–Crippen LogP) is 1.89. The van der Waals surface area contributed by atoms with Crippen LogP contribution < -0.4 is 15.4 Å². The lowest BCUT2D eigenvalue weighted by Crippen LogP contribution is -2.42. The molecule has 1 aromatic carbocycles. The predicted molar refractivity (Wildman–Crippen MR) is 134 cm³/mol. The molecular weight excluding hydrogens is 453 g/mol. The zero-order valence-corrected chi connectivity index (χ0v) is 21.2. The van der Waals surface area contributed by atoms with E-state index in [4.69, 9.17) is 18.9 Å². The van der Waals surface area contributed by atoms with E-state index in [1.807, 2.05) is 6.07 Å². The van der Waals surface area contributed by atoms with Crippen LogP contribution in [-0.4, -0.2) is 97.3 Å². The molecule has 1 fully saturated rings.